The van der Waals surface area contributed by atoms with Crippen molar-refractivity contribution in [3.8, 4) is 0 Å². The summed E-state index contributed by atoms with van der Waals surface area (Å²) in [7, 11) is 2.45. The standard InChI is InChI=1S/C21H27N7O6/c1-33-15(29)8-7-14(20(32)34-2)26-18(30)11-3-5-12(6-4-11)23-9-13-10-24-17-16(25-13)19(31)28-21(22)27-17/h3-6,13-14,23,25H,7-10H2,1-2H3,(H,26,30)(H4,22,24,27,28,31)/t13?,14-/m0/s1. The van der Waals surface area contributed by atoms with Crippen molar-refractivity contribution in [3.05, 3.63) is 40.2 Å². The summed E-state index contributed by atoms with van der Waals surface area (Å²) in [6.07, 6.45) is 0.0183. The van der Waals surface area contributed by atoms with Crippen LogP contribution < -0.4 is 32.6 Å². The summed E-state index contributed by atoms with van der Waals surface area (Å²) in [6.45, 7) is 1.01. The molecule has 1 aromatic heterocycles. The summed E-state index contributed by atoms with van der Waals surface area (Å²) in [5, 5.41) is 12.0. The summed E-state index contributed by atoms with van der Waals surface area (Å²) in [6, 6.07) is 5.57. The van der Waals surface area contributed by atoms with E-state index in [1.165, 1.54) is 14.2 Å². The Morgan fingerprint density at radius 2 is 1.94 bits per heavy atom. The number of amides is 1. The third-order valence-corrected chi connectivity index (χ3v) is 5.16. The summed E-state index contributed by atoms with van der Waals surface area (Å²) < 4.78 is 9.27. The number of carbonyl (C=O) groups is 3. The van der Waals surface area contributed by atoms with Gasteiger partial charge in [-0.1, -0.05) is 0 Å². The second-order valence-corrected chi connectivity index (χ2v) is 7.52. The molecular weight excluding hydrogens is 446 g/mol. The summed E-state index contributed by atoms with van der Waals surface area (Å²) in [5.74, 6) is -1.17. The number of rotatable bonds is 9. The number of aromatic amines is 1. The van der Waals surface area contributed by atoms with Gasteiger partial charge in [-0.15, -0.1) is 0 Å². The number of H-pyrrole nitrogens is 1. The van der Waals surface area contributed by atoms with E-state index in [1.807, 2.05) is 0 Å². The van der Waals surface area contributed by atoms with Crippen molar-refractivity contribution in [3.63, 3.8) is 0 Å². The highest BCUT2D eigenvalue weighted by Crippen LogP contribution is 2.20. The minimum absolute atomic E-state index is 0.0384. The Labute approximate surface area is 194 Å². The van der Waals surface area contributed by atoms with Gasteiger partial charge in [-0.25, -0.2) is 4.79 Å². The number of aromatic nitrogens is 2. The number of esters is 2. The summed E-state index contributed by atoms with van der Waals surface area (Å²) in [4.78, 5) is 54.4. The van der Waals surface area contributed by atoms with Crippen molar-refractivity contribution in [2.24, 2.45) is 0 Å². The molecule has 1 aliphatic heterocycles. The number of carbonyl (C=O) groups excluding carboxylic acids is 3. The van der Waals surface area contributed by atoms with Crippen LogP contribution in [0.2, 0.25) is 0 Å². The second-order valence-electron chi connectivity index (χ2n) is 7.52. The lowest BCUT2D eigenvalue weighted by molar-refractivity contribution is -0.144. The number of hydrogen-bond donors (Lipinski definition) is 6. The first-order chi connectivity index (χ1) is 16.3. The average molecular weight is 473 g/mol. The van der Waals surface area contributed by atoms with Crippen molar-refractivity contribution >= 4 is 41.0 Å². The maximum atomic E-state index is 12.6. The molecule has 0 bridgehead atoms. The first-order valence-electron chi connectivity index (χ1n) is 10.5. The van der Waals surface area contributed by atoms with Crippen LogP contribution in [0.3, 0.4) is 0 Å². The highest BCUT2D eigenvalue weighted by Gasteiger charge is 2.24. The SMILES string of the molecule is COC(=O)CC[C@H](NC(=O)c1ccc(NCC2CNc3nc(N)[nH]c(=O)c3N2)cc1)C(=O)OC. The Kier molecular flexibility index (Phi) is 7.90. The van der Waals surface area contributed by atoms with E-state index >= 15 is 0 Å². The molecule has 1 aromatic carbocycles. The van der Waals surface area contributed by atoms with Crippen LogP contribution in [0.15, 0.2) is 29.1 Å². The van der Waals surface area contributed by atoms with Crippen LogP contribution in [0.4, 0.5) is 23.1 Å². The Balaban J connectivity index is 1.55. The Hall–Kier alpha value is -4.29. The number of nitrogens with one attached hydrogen (secondary N) is 5. The number of nitrogens with two attached hydrogens (primary N) is 1. The first-order valence-corrected chi connectivity index (χ1v) is 10.5. The van der Waals surface area contributed by atoms with E-state index < -0.39 is 23.9 Å². The minimum Gasteiger partial charge on any atom is -0.469 e. The Morgan fingerprint density at radius 3 is 2.62 bits per heavy atom. The van der Waals surface area contributed by atoms with Gasteiger partial charge < -0.3 is 36.5 Å². The smallest absolute Gasteiger partial charge is 0.328 e. The number of nitrogens with zero attached hydrogens (tertiary/aromatic N) is 1. The number of ether oxygens (including phenoxy) is 2. The molecule has 2 heterocycles. The fraction of sp³-hybridized carbons (Fsp3) is 0.381. The monoisotopic (exact) mass is 473 g/mol. The van der Waals surface area contributed by atoms with E-state index in [0.29, 0.717) is 30.2 Å². The highest BCUT2D eigenvalue weighted by molar-refractivity contribution is 5.97. The van der Waals surface area contributed by atoms with Crippen LogP contribution in [0.5, 0.6) is 0 Å². The molecule has 0 aliphatic carbocycles. The number of anilines is 4. The fourth-order valence-electron chi connectivity index (χ4n) is 3.33. The van der Waals surface area contributed by atoms with Crippen LogP contribution in [0, 0.1) is 0 Å². The lowest BCUT2D eigenvalue weighted by atomic mass is 10.1. The van der Waals surface area contributed by atoms with Gasteiger partial charge in [0.2, 0.25) is 5.95 Å². The number of nitrogen functional groups attached to an aromatic ring is 1. The molecule has 1 amide bonds. The van der Waals surface area contributed by atoms with Gasteiger partial charge in [0.25, 0.3) is 11.5 Å². The molecule has 0 saturated carbocycles. The molecule has 13 heteroatoms. The third kappa shape index (κ3) is 6.15. The molecule has 2 aromatic rings. The number of fused-ring (bicyclic) bond motifs is 1. The number of benzene rings is 1. The number of methoxy groups -OCH3 is 2. The van der Waals surface area contributed by atoms with Crippen LogP contribution in [0.1, 0.15) is 23.2 Å². The molecular formula is C21H27N7O6. The number of hydrogen-bond acceptors (Lipinski definition) is 11. The summed E-state index contributed by atoms with van der Waals surface area (Å²) >= 11 is 0. The maximum absolute atomic E-state index is 12.6. The molecule has 7 N–H and O–H groups in total. The van der Waals surface area contributed by atoms with E-state index in [9.17, 15) is 19.2 Å². The molecule has 0 fully saturated rings. The molecule has 0 radical (unpaired) electrons. The van der Waals surface area contributed by atoms with Crippen molar-refractivity contribution in [1.29, 1.82) is 0 Å². The van der Waals surface area contributed by atoms with Crippen molar-refractivity contribution in [1.82, 2.24) is 15.3 Å². The Bertz CT molecular complexity index is 1100. The largest absolute Gasteiger partial charge is 0.469 e. The molecule has 2 atom stereocenters. The third-order valence-electron chi connectivity index (χ3n) is 5.16. The van der Waals surface area contributed by atoms with Crippen LogP contribution in [0.25, 0.3) is 0 Å². The highest BCUT2D eigenvalue weighted by atomic mass is 16.5. The van der Waals surface area contributed by atoms with Gasteiger partial charge in [0.15, 0.2) is 5.82 Å². The van der Waals surface area contributed by atoms with E-state index in [1.54, 1.807) is 24.3 Å². The van der Waals surface area contributed by atoms with Crippen molar-refractivity contribution < 1.29 is 23.9 Å². The van der Waals surface area contributed by atoms with Gasteiger partial charge in [0.05, 0.1) is 20.3 Å². The molecule has 1 aliphatic rings. The first kappa shape index (κ1) is 24.4. The van der Waals surface area contributed by atoms with Crippen molar-refractivity contribution in [2.45, 2.75) is 24.9 Å². The predicted octanol–water partition coefficient (Wildman–Crippen LogP) is -0.105. The molecule has 0 saturated heterocycles. The second kappa shape index (κ2) is 11.0. The van der Waals surface area contributed by atoms with Gasteiger partial charge in [0.1, 0.15) is 11.7 Å². The van der Waals surface area contributed by atoms with Gasteiger partial charge in [-0.3, -0.25) is 19.4 Å². The van der Waals surface area contributed by atoms with Crippen molar-refractivity contribution in [2.75, 3.05) is 49.0 Å². The van der Waals surface area contributed by atoms with Gasteiger partial charge in [-0.2, -0.15) is 4.98 Å². The van der Waals surface area contributed by atoms with Crippen LogP contribution in [-0.4, -0.2) is 67.2 Å². The van der Waals surface area contributed by atoms with Gasteiger partial charge in [0, 0.05) is 30.8 Å². The van der Waals surface area contributed by atoms with Crippen LogP contribution >= 0.6 is 0 Å². The normalized spacial score (nSPS) is 15.1. The quantitative estimate of drug-likeness (QED) is 0.267. The lowest BCUT2D eigenvalue weighted by Crippen LogP contribution is -2.42. The minimum atomic E-state index is -0.977. The molecule has 34 heavy (non-hydrogen) atoms. The van der Waals surface area contributed by atoms with E-state index in [-0.39, 0.29) is 30.4 Å². The molecule has 182 valence electrons. The molecule has 13 nitrogen and oxygen atoms in total. The summed E-state index contributed by atoms with van der Waals surface area (Å²) in [5.41, 5.74) is 6.61. The zero-order valence-corrected chi connectivity index (χ0v) is 18.8. The lowest BCUT2D eigenvalue weighted by Gasteiger charge is -2.27. The molecule has 3 rings (SSSR count). The topological polar surface area (TPSA) is 190 Å². The van der Waals surface area contributed by atoms with Gasteiger partial charge >= 0.3 is 11.9 Å². The molecule has 0 spiro atoms. The Morgan fingerprint density at radius 1 is 1.21 bits per heavy atom. The van der Waals surface area contributed by atoms with Crippen LogP contribution in [-0.2, 0) is 19.1 Å². The molecule has 1 unspecified atom stereocenters. The zero-order valence-electron chi connectivity index (χ0n) is 18.8. The van der Waals surface area contributed by atoms with E-state index in [0.717, 1.165) is 5.69 Å². The van der Waals surface area contributed by atoms with E-state index in [4.69, 9.17) is 10.5 Å². The maximum Gasteiger partial charge on any atom is 0.328 e. The van der Waals surface area contributed by atoms with E-state index in [2.05, 4.69) is 36.0 Å². The predicted molar refractivity (Wildman–Crippen MR) is 125 cm³/mol. The average Bonchev–Trinajstić information content (AvgIpc) is 2.84. The zero-order chi connectivity index (χ0) is 24.7. The van der Waals surface area contributed by atoms with Gasteiger partial charge in [-0.05, 0) is 30.7 Å². The fourth-order valence-corrected chi connectivity index (χ4v) is 3.33.